The number of halogens is 2. The van der Waals surface area contributed by atoms with Crippen LogP contribution in [-0.2, 0) is 12.8 Å². The summed E-state index contributed by atoms with van der Waals surface area (Å²) in [6.07, 6.45) is 2.04. The van der Waals surface area contributed by atoms with E-state index in [0.29, 0.717) is 6.04 Å². The maximum atomic E-state index is 5.96. The molecule has 0 aliphatic carbocycles. The predicted molar refractivity (Wildman–Crippen MR) is 83.7 cm³/mol. The van der Waals surface area contributed by atoms with Gasteiger partial charge in [-0.3, -0.25) is 0 Å². The zero-order valence-corrected chi connectivity index (χ0v) is 13.3. The molecular weight excluding hydrogens is 330 g/mol. The van der Waals surface area contributed by atoms with Crippen molar-refractivity contribution >= 4 is 38.9 Å². The van der Waals surface area contributed by atoms with Crippen molar-refractivity contribution < 1.29 is 0 Å². The highest BCUT2D eigenvalue weighted by atomic mass is 79.9. The van der Waals surface area contributed by atoms with Crippen molar-refractivity contribution in [1.82, 2.24) is 5.32 Å². The Balaban J connectivity index is 1.99. The Kier molecular flexibility index (Phi) is 5.25. The van der Waals surface area contributed by atoms with Crippen LogP contribution in [0.2, 0.25) is 4.34 Å². The smallest absolute Gasteiger partial charge is 0.0931 e. The lowest BCUT2D eigenvalue weighted by Crippen LogP contribution is -2.29. The number of benzene rings is 1. The van der Waals surface area contributed by atoms with Crippen LogP contribution in [0.3, 0.4) is 0 Å². The number of thiophene rings is 1. The van der Waals surface area contributed by atoms with E-state index in [1.165, 1.54) is 10.4 Å². The van der Waals surface area contributed by atoms with Gasteiger partial charge in [-0.1, -0.05) is 39.7 Å². The molecule has 0 spiro atoms. The molecule has 0 saturated carbocycles. The first-order chi connectivity index (χ1) is 8.67. The third kappa shape index (κ3) is 4.09. The van der Waals surface area contributed by atoms with Crippen LogP contribution in [0, 0.1) is 0 Å². The molecule has 1 aromatic carbocycles. The van der Waals surface area contributed by atoms with E-state index in [1.807, 2.05) is 13.1 Å². The van der Waals surface area contributed by atoms with Gasteiger partial charge >= 0.3 is 0 Å². The fourth-order valence-electron chi connectivity index (χ4n) is 1.89. The van der Waals surface area contributed by atoms with Gasteiger partial charge in [0.05, 0.1) is 4.34 Å². The highest BCUT2D eigenvalue weighted by molar-refractivity contribution is 9.10. The van der Waals surface area contributed by atoms with E-state index >= 15 is 0 Å². The molecule has 18 heavy (non-hydrogen) atoms. The normalized spacial score (nSPS) is 12.6. The minimum absolute atomic E-state index is 0.445. The Bertz CT molecular complexity index is 495. The Morgan fingerprint density at radius 1 is 1.17 bits per heavy atom. The molecule has 1 atom stereocenters. The van der Waals surface area contributed by atoms with Gasteiger partial charge in [-0.25, -0.2) is 0 Å². The summed E-state index contributed by atoms with van der Waals surface area (Å²) in [5.74, 6) is 0. The quantitative estimate of drug-likeness (QED) is 0.840. The van der Waals surface area contributed by atoms with Crippen LogP contribution in [-0.4, -0.2) is 13.1 Å². The summed E-state index contributed by atoms with van der Waals surface area (Å²) >= 11 is 11.1. The lowest BCUT2D eigenvalue weighted by atomic mass is 10.0. The molecule has 2 rings (SSSR count). The summed E-state index contributed by atoms with van der Waals surface area (Å²) < 4.78 is 1.99. The molecule has 1 N–H and O–H groups in total. The van der Waals surface area contributed by atoms with Crippen LogP contribution in [0.1, 0.15) is 10.4 Å². The molecule has 96 valence electrons. The van der Waals surface area contributed by atoms with Crippen LogP contribution in [0.5, 0.6) is 0 Å². The van der Waals surface area contributed by atoms with Gasteiger partial charge in [0.15, 0.2) is 0 Å². The number of likely N-dealkylation sites (N-methyl/N-ethyl adjacent to an activating group) is 1. The van der Waals surface area contributed by atoms with Gasteiger partial charge in [0.25, 0.3) is 0 Å². The molecule has 0 fully saturated rings. The molecule has 0 radical (unpaired) electrons. The van der Waals surface area contributed by atoms with E-state index in [2.05, 4.69) is 51.6 Å². The monoisotopic (exact) mass is 343 g/mol. The maximum absolute atomic E-state index is 5.96. The molecule has 0 saturated heterocycles. The van der Waals surface area contributed by atoms with Crippen LogP contribution < -0.4 is 5.32 Å². The molecule has 0 aliphatic rings. The Morgan fingerprint density at radius 2 is 1.89 bits per heavy atom. The molecular formula is C14H15BrClNS. The first-order valence-electron chi connectivity index (χ1n) is 5.83. The zero-order chi connectivity index (χ0) is 13.0. The minimum Gasteiger partial charge on any atom is -0.316 e. The third-order valence-corrected chi connectivity index (χ3v) is 4.66. The summed E-state index contributed by atoms with van der Waals surface area (Å²) in [6.45, 7) is 0. The van der Waals surface area contributed by atoms with Crippen LogP contribution >= 0.6 is 38.9 Å². The lowest BCUT2D eigenvalue weighted by Gasteiger charge is -2.15. The van der Waals surface area contributed by atoms with Crippen LogP contribution in [0.4, 0.5) is 0 Å². The second-order valence-corrected chi connectivity index (χ2v) is 6.94. The predicted octanol–water partition coefficient (Wildman–Crippen LogP) is 4.54. The van der Waals surface area contributed by atoms with E-state index in [0.717, 1.165) is 21.7 Å². The van der Waals surface area contributed by atoms with E-state index in [-0.39, 0.29) is 0 Å². The van der Waals surface area contributed by atoms with Crippen molar-refractivity contribution in [3.8, 4) is 0 Å². The molecule has 2 aromatic rings. The number of hydrogen-bond acceptors (Lipinski definition) is 2. The first-order valence-corrected chi connectivity index (χ1v) is 7.82. The van der Waals surface area contributed by atoms with Gasteiger partial charge in [0.2, 0.25) is 0 Å². The van der Waals surface area contributed by atoms with E-state index in [9.17, 15) is 0 Å². The number of rotatable bonds is 5. The van der Waals surface area contributed by atoms with Gasteiger partial charge in [-0.2, -0.15) is 0 Å². The van der Waals surface area contributed by atoms with E-state index in [4.69, 9.17) is 11.6 Å². The minimum atomic E-state index is 0.445. The highest BCUT2D eigenvalue weighted by Gasteiger charge is 2.10. The van der Waals surface area contributed by atoms with Gasteiger partial charge in [-0.05, 0) is 49.7 Å². The topological polar surface area (TPSA) is 12.0 Å². The first kappa shape index (κ1) is 14.1. The number of nitrogens with one attached hydrogen (secondary N) is 1. The molecule has 0 aliphatic heterocycles. The van der Waals surface area contributed by atoms with E-state index in [1.54, 1.807) is 11.3 Å². The summed E-state index contributed by atoms with van der Waals surface area (Å²) in [4.78, 5) is 1.33. The molecule has 1 aromatic heterocycles. The number of hydrogen-bond donors (Lipinski definition) is 1. The standard InChI is InChI=1S/C14H15BrClNS/c1-17-12(9-13-6-7-14(16)18-13)8-10-2-4-11(15)5-3-10/h2-7,12,17H,8-9H2,1H3. The van der Waals surface area contributed by atoms with Crippen LogP contribution in [0.15, 0.2) is 40.9 Å². The largest absolute Gasteiger partial charge is 0.316 e. The summed E-state index contributed by atoms with van der Waals surface area (Å²) in [6, 6.07) is 13.0. The molecule has 1 unspecified atom stereocenters. The Labute approximate surface area is 125 Å². The Hall–Kier alpha value is -0.350. The summed E-state index contributed by atoms with van der Waals surface area (Å²) in [5.41, 5.74) is 1.35. The van der Waals surface area contributed by atoms with Crippen molar-refractivity contribution in [3.05, 3.63) is 55.6 Å². The zero-order valence-electron chi connectivity index (χ0n) is 10.1. The van der Waals surface area contributed by atoms with Gasteiger partial charge in [-0.15, -0.1) is 11.3 Å². The van der Waals surface area contributed by atoms with Crippen molar-refractivity contribution in [3.63, 3.8) is 0 Å². The average molecular weight is 345 g/mol. The molecule has 1 heterocycles. The van der Waals surface area contributed by atoms with Crippen molar-refractivity contribution in [2.24, 2.45) is 0 Å². The van der Waals surface area contributed by atoms with Gasteiger partial charge < -0.3 is 5.32 Å². The van der Waals surface area contributed by atoms with E-state index < -0.39 is 0 Å². The fraction of sp³-hybridized carbons (Fsp3) is 0.286. The SMILES string of the molecule is CNC(Cc1ccc(Br)cc1)Cc1ccc(Cl)s1. The van der Waals surface area contributed by atoms with Crippen molar-refractivity contribution in [2.75, 3.05) is 7.05 Å². The second-order valence-electron chi connectivity index (χ2n) is 4.23. The molecule has 4 heteroatoms. The fourth-order valence-corrected chi connectivity index (χ4v) is 3.32. The van der Waals surface area contributed by atoms with Gasteiger partial charge in [0.1, 0.15) is 0 Å². The van der Waals surface area contributed by atoms with Crippen molar-refractivity contribution in [2.45, 2.75) is 18.9 Å². The molecule has 0 bridgehead atoms. The average Bonchev–Trinajstić information content (AvgIpc) is 2.77. The third-order valence-electron chi connectivity index (χ3n) is 2.88. The molecule has 0 amide bonds. The Morgan fingerprint density at radius 3 is 2.44 bits per heavy atom. The van der Waals surface area contributed by atoms with Crippen LogP contribution in [0.25, 0.3) is 0 Å². The maximum Gasteiger partial charge on any atom is 0.0931 e. The van der Waals surface area contributed by atoms with Gasteiger partial charge in [0, 0.05) is 15.4 Å². The lowest BCUT2D eigenvalue weighted by molar-refractivity contribution is 0.560. The second kappa shape index (κ2) is 6.71. The summed E-state index contributed by atoms with van der Waals surface area (Å²) in [7, 11) is 2.01. The summed E-state index contributed by atoms with van der Waals surface area (Å²) in [5, 5.41) is 3.37. The molecule has 1 nitrogen and oxygen atoms in total. The highest BCUT2D eigenvalue weighted by Crippen LogP contribution is 2.23. The van der Waals surface area contributed by atoms with Crippen molar-refractivity contribution in [1.29, 1.82) is 0 Å².